The van der Waals surface area contributed by atoms with Gasteiger partial charge in [-0.15, -0.1) is 11.3 Å². The summed E-state index contributed by atoms with van der Waals surface area (Å²) in [5.74, 6) is 6.63. The highest BCUT2D eigenvalue weighted by Crippen LogP contribution is 2.20. The Bertz CT molecular complexity index is 466. The average molecular weight is 221 g/mol. The molecule has 0 aromatic carbocycles. The number of hydrogen-bond donors (Lipinski definition) is 2. The lowest BCUT2D eigenvalue weighted by atomic mass is 10.2. The predicted molar refractivity (Wildman–Crippen MR) is 60.4 cm³/mol. The van der Waals surface area contributed by atoms with Crippen molar-refractivity contribution in [2.45, 2.75) is 13.8 Å². The molecule has 2 aromatic heterocycles. The highest BCUT2D eigenvalue weighted by molar-refractivity contribution is 7.07. The Morgan fingerprint density at radius 3 is 2.73 bits per heavy atom. The summed E-state index contributed by atoms with van der Waals surface area (Å²) in [6.45, 7) is 3.85. The Morgan fingerprint density at radius 2 is 2.13 bits per heavy atom. The van der Waals surface area contributed by atoms with Gasteiger partial charge in [-0.1, -0.05) is 0 Å². The van der Waals surface area contributed by atoms with E-state index in [0.29, 0.717) is 11.6 Å². The Labute approximate surface area is 91.4 Å². The van der Waals surface area contributed by atoms with Crippen molar-refractivity contribution in [3.63, 3.8) is 0 Å². The number of aromatic nitrogens is 3. The van der Waals surface area contributed by atoms with Crippen LogP contribution in [0.15, 0.2) is 10.9 Å². The van der Waals surface area contributed by atoms with Gasteiger partial charge in [0.2, 0.25) is 0 Å². The van der Waals surface area contributed by atoms with E-state index in [1.807, 2.05) is 19.2 Å². The number of nitrogens with one attached hydrogen (secondary N) is 1. The van der Waals surface area contributed by atoms with Crippen LogP contribution in [0, 0.1) is 13.8 Å². The minimum absolute atomic E-state index is 0.604. The zero-order chi connectivity index (χ0) is 10.8. The van der Waals surface area contributed by atoms with Gasteiger partial charge in [0.1, 0.15) is 11.5 Å². The van der Waals surface area contributed by atoms with Crippen LogP contribution in [0.3, 0.4) is 0 Å². The molecule has 2 rings (SSSR count). The standard InChI is InChI=1S/C9H11N5S/c1-5-6(2)12-9(13-8(5)14-10)7-3-15-4-11-7/h3-4H,10H2,1-2H3,(H,12,13,14). The van der Waals surface area contributed by atoms with Crippen LogP contribution in [0.4, 0.5) is 5.82 Å². The maximum Gasteiger partial charge on any atom is 0.181 e. The largest absolute Gasteiger partial charge is 0.308 e. The maximum absolute atomic E-state index is 5.38. The minimum atomic E-state index is 0.604. The molecular weight excluding hydrogens is 210 g/mol. The van der Waals surface area contributed by atoms with Gasteiger partial charge in [0, 0.05) is 16.6 Å². The fourth-order valence-corrected chi connectivity index (χ4v) is 1.74. The quantitative estimate of drug-likeness (QED) is 0.593. The van der Waals surface area contributed by atoms with E-state index in [9.17, 15) is 0 Å². The van der Waals surface area contributed by atoms with Gasteiger partial charge in [0.25, 0.3) is 0 Å². The topological polar surface area (TPSA) is 76.7 Å². The second-order valence-electron chi connectivity index (χ2n) is 3.12. The highest BCUT2D eigenvalue weighted by Gasteiger charge is 2.09. The van der Waals surface area contributed by atoms with Gasteiger partial charge in [-0.3, -0.25) is 0 Å². The molecule has 5 nitrogen and oxygen atoms in total. The molecule has 0 aliphatic rings. The first kappa shape index (κ1) is 10.0. The number of anilines is 1. The monoisotopic (exact) mass is 221 g/mol. The minimum Gasteiger partial charge on any atom is -0.308 e. The summed E-state index contributed by atoms with van der Waals surface area (Å²) >= 11 is 1.52. The normalized spacial score (nSPS) is 10.3. The molecule has 0 spiro atoms. The van der Waals surface area contributed by atoms with Crippen molar-refractivity contribution in [2.75, 3.05) is 5.43 Å². The molecule has 0 aliphatic carbocycles. The summed E-state index contributed by atoms with van der Waals surface area (Å²) < 4.78 is 0. The fourth-order valence-electron chi connectivity index (χ4n) is 1.21. The van der Waals surface area contributed by atoms with Crippen LogP contribution in [0.5, 0.6) is 0 Å². The van der Waals surface area contributed by atoms with E-state index in [4.69, 9.17) is 5.84 Å². The van der Waals surface area contributed by atoms with E-state index in [-0.39, 0.29) is 0 Å². The summed E-state index contributed by atoms with van der Waals surface area (Å²) in [5.41, 5.74) is 6.95. The number of aryl methyl sites for hydroxylation is 1. The van der Waals surface area contributed by atoms with E-state index in [0.717, 1.165) is 17.0 Å². The summed E-state index contributed by atoms with van der Waals surface area (Å²) in [5, 5.41) is 1.91. The predicted octanol–water partition coefficient (Wildman–Crippen LogP) is 1.50. The van der Waals surface area contributed by atoms with Crippen molar-refractivity contribution >= 4 is 17.2 Å². The number of nitrogen functional groups attached to an aromatic ring is 1. The number of nitrogens with zero attached hydrogens (tertiary/aromatic N) is 3. The Balaban J connectivity index is 2.55. The summed E-state index contributed by atoms with van der Waals surface area (Å²) in [6.07, 6.45) is 0. The maximum atomic E-state index is 5.38. The molecule has 0 bridgehead atoms. The molecule has 0 aliphatic heterocycles. The van der Waals surface area contributed by atoms with Crippen LogP contribution < -0.4 is 11.3 Å². The van der Waals surface area contributed by atoms with Crippen molar-refractivity contribution in [3.05, 3.63) is 22.1 Å². The second-order valence-corrected chi connectivity index (χ2v) is 3.84. The Hall–Kier alpha value is -1.53. The third kappa shape index (κ3) is 1.81. The van der Waals surface area contributed by atoms with E-state index in [2.05, 4.69) is 20.4 Å². The smallest absolute Gasteiger partial charge is 0.181 e. The first-order valence-electron chi connectivity index (χ1n) is 4.42. The number of hydrogen-bond acceptors (Lipinski definition) is 6. The van der Waals surface area contributed by atoms with Gasteiger partial charge in [0.05, 0.1) is 5.51 Å². The van der Waals surface area contributed by atoms with Crippen molar-refractivity contribution < 1.29 is 0 Å². The van der Waals surface area contributed by atoms with E-state index >= 15 is 0 Å². The zero-order valence-electron chi connectivity index (χ0n) is 8.48. The molecule has 15 heavy (non-hydrogen) atoms. The summed E-state index contributed by atoms with van der Waals surface area (Å²) in [6, 6.07) is 0. The van der Waals surface area contributed by atoms with E-state index in [1.54, 1.807) is 5.51 Å². The number of hydrazine groups is 1. The van der Waals surface area contributed by atoms with Crippen LogP contribution in [0.2, 0.25) is 0 Å². The molecule has 0 saturated heterocycles. The molecule has 2 heterocycles. The molecule has 78 valence electrons. The van der Waals surface area contributed by atoms with Gasteiger partial charge in [-0.25, -0.2) is 20.8 Å². The molecule has 2 aromatic rings. The average Bonchev–Trinajstić information content (AvgIpc) is 2.75. The van der Waals surface area contributed by atoms with Gasteiger partial charge < -0.3 is 5.43 Å². The SMILES string of the molecule is Cc1nc(-c2cscn2)nc(NN)c1C. The number of thiazole rings is 1. The molecule has 0 atom stereocenters. The summed E-state index contributed by atoms with van der Waals surface area (Å²) in [7, 11) is 0. The third-order valence-corrected chi connectivity index (χ3v) is 2.77. The molecule has 3 N–H and O–H groups in total. The molecular formula is C9H11N5S. The van der Waals surface area contributed by atoms with Crippen LogP contribution in [0.1, 0.15) is 11.3 Å². The van der Waals surface area contributed by atoms with Crippen molar-refractivity contribution in [2.24, 2.45) is 5.84 Å². The van der Waals surface area contributed by atoms with Crippen molar-refractivity contribution in [1.29, 1.82) is 0 Å². The van der Waals surface area contributed by atoms with Gasteiger partial charge in [-0.2, -0.15) is 0 Å². The van der Waals surface area contributed by atoms with E-state index in [1.165, 1.54) is 11.3 Å². The van der Waals surface area contributed by atoms with E-state index < -0.39 is 0 Å². The third-order valence-electron chi connectivity index (χ3n) is 2.19. The first-order chi connectivity index (χ1) is 7.22. The van der Waals surface area contributed by atoms with Gasteiger partial charge in [0.15, 0.2) is 5.82 Å². The molecule has 0 amide bonds. The van der Waals surface area contributed by atoms with Crippen LogP contribution in [-0.2, 0) is 0 Å². The Morgan fingerprint density at radius 1 is 1.33 bits per heavy atom. The Kier molecular flexibility index (Phi) is 2.61. The highest BCUT2D eigenvalue weighted by atomic mass is 32.1. The molecule has 0 fully saturated rings. The van der Waals surface area contributed by atoms with Crippen LogP contribution in [0.25, 0.3) is 11.5 Å². The number of rotatable bonds is 2. The lowest BCUT2D eigenvalue weighted by molar-refractivity contribution is 1.05. The lowest BCUT2D eigenvalue weighted by Crippen LogP contribution is -2.12. The number of nitrogens with two attached hydrogens (primary N) is 1. The summed E-state index contributed by atoms with van der Waals surface area (Å²) in [4.78, 5) is 12.8. The molecule has 0 radical (unpaired) electrons. The van der Waals surface area contributed by atoms with Gasteiger partial charge >= 0.3 is 0 Å². The molecule has 0 unspecified atom stereocenters. The molecule has 6 heteroatoms. The second kappa shape index (κ2) is 3.92. The van der Waals surface area contributed by atoms with Crippen LogP contribution in [-0.4, -0.2) is 15.0 Å². The van der Waals surface area contributed by atoms with Crippen LogP contribution >= 0.6 is 11.3 Å². The first-order valence-corrected chi connectivity index (χ1v) is 5.37. The fraction of sp³-hybridized carbons (Fsp3) is 0.222. The zero-order valence-corrected chi connectivity index (χ0v) is 9.30. The lowest BCUT2D eigenvalue weighted by Gasteiger charge is -2.07. The van der Waals surface area contributed by atoms with Crippen molar-refractivity contribution in [3.8, 4) is 11.5 Å². The molecule has 0 saturated carbocycles. The van der Waals surface area contributed by atoms with Gasteiger partial charge in [-0.05, 0) is 13.8 Å². The van der Waals surface area contributed by atoms with Crippen molar-refractivity contribution in [1.82, 2.24) is 15.0 Å².